The Hall–Kier alpha value is -2.05. The van der Waals surface area contributed by atoms with Crippen molar-refractivity contribution in [2.75, 3.05) is 0 Å². The molecule has 2 rings (SSSR count). The van der Waals surface area contributed by atoms with Gasteiger partial charge in [-0.1, -0.05) is 23.6 Å². The van der Waals surface area contributed by atoms with Crippen molar-refractivity contribution in [3.05, 3.63) is 41.0 Å². The smallest absolute Gasteiger partial charge is 0.293 e. The number of amides is 1. The van der Waals surface area contributed by atoms with E-state index < -0.39 is 5.91 Å². The van der Waals surface area contributed by atoms with Gasteiger partial charge in [-0.15, -0.1) is 0 Å². The Labute approximate surface area is 97.2 Å². The van der Waals surface area contributed by atoms with Gasteiger partial charge in [0, 0.05) is 17.1 Å². The lowest BCUT2D eigenvalue weighted by atomic mass is 10.1. The Balaban J connectivity index is 2.54. The van der Waals surface area contributed by atoms with Crippen LogP contribution in [0.4, 0.5) is 0 Å². The highest BCUT2D eigenvalue weighted by Crippen LogP contribution is 2.21. The van der Waals surface area contributed by atoms with Crippen LogP contribution in [0.25, 0.3) is 10.9 Å². The quantitative estimate of drug-likeness (QED) is 0.701. The minimum atomic E-state index is -0.654. The van der Waals surface area contributed by atoms with Gasteiger partial charge in [-0.05, 0) is 24.1 Å². The summed E-state index contributed by atoms with van der Waals surface area (Å²) in [7, 11) is 0. The first-order valence-corrected chi connectivity index (χ1v) is 4.90. The molecule has 0 spiro atoms. The second kappa shape index (κ2) is 4.21. The van der Waals surface area contributed by atoms with Gasteiger partial charge in [0.25, 0.3) is 5.91 Å². The van der Waals surface area contributed by atoms with Crippen LogP contribution in [0, 0.1) is 11.8 Å². The van der Waals surface area contributed by atoms with Crippen LogP contribution in [-0.2, 0) is 4.79 Å². The molecule has 0 saturated carbocycles. The highest BCUT2D eigenvalue weighted by molar-refractivity contribution is 6.35. The molecular formula is C12H7ClN2O. The van der Waals surface area contributed by atoms with Crippen LogP contribution in [-0.4, -0.2) is 10.9 Å². The first-order valence-electron chi connectivity index (χ1n) is 4.52. The first-order chi connectivity index (χ1) is 7.66. The summed E-state index contributed by atoms with van der Waals surface area (Å²) in [6.45, 7) is 0. The highest BCUT2D eigenvalue weighted by atomic mass is 35.5. The number of hydrogen-bond acceptors (Lipinski definition) is 2. The fourth-order valence-electron chi connectivity index (χ4n) is 1.32. The van der Waals surface area contributed by atoms with Crippen molar-refractivity contribution < 1.29 is 4.79 Å². The number of fused-ring (bicyclic) bond motifs is 1. The summed E-state index contributed by atoms with van der Waals surface area (Å²) in [5, 5.41) is 1.49. The van der Waals surface area contributed by atoms with Gasteiger partial charge < -0.3 is 5.73 Å². The lowest BCUT2D eigenvalue weighted by Crippen LogP contribution is -2.06. The summed E-state index contributed by atoms with van der Waals surface area (Å²) < 4.78 is 0. The van der Waals surface area contributed by atoms with Crippen molar-refractivity contribution in [3.8, 4) is 11.8 Å². The van der Waals surface area contributed by atoms with Crippen LogP contribution in [0.1, 0.15) is 5.56 Å². The van der Waals surface area contributed by atoms with Crippen molar-refractivity contribution in [3.63, 3.8) is 0 Å². The van der Waals surface area contributed by atoms with Crippen molar-refractivity contribution in [1.29, 1.82) is 0 Å². The zero-order chi connectivity index (χ0) is 11.5. The molecule has 0 aliphatic heterocycles. The number of halogens is 1. The van der Waals surface area contributed by atoms with E-state index in [1.165, 1.54) is 0 Å². The van der Waals surface area contributed by atoms with E-state index in [4.69, 9.17) is 17.3 Å². The van der Waals surface area contributed by atoms with Crippen LogP contribution < -0.4 is 5.73 Å². The second-order valence-electron chi connectivity index (χ2n) is 3.14. The van der Waals surface area contributed by atoms with Gasteiger partial charge in [0.2, 0.25) is 0 Å². The molecule has 16 heavy (non-hydrogen) atoms. The molecule has 78 valence electrons. The monoisotopic (exact) mass is 230 g/mol. The van der Waals surface area contributed by atoms with Crippen molar-refractivity contribution in [2.24, 2.45) is 5.73 Å². The number of rotatable bonds is 0. The Morgan fingerprint density at radius 2 is 2.19 bits per heavy atom. The zero-order valence-electron chi connectivity index (χ0n) is 8.20. The Morgan fingerprint density at radius 3 is 2.94 bits per heavy atom. The van der Waals surface area contributed by atoms with Gasteiger partial charge in [0.15, 0.2) is 0 Å². The molecule has 0 unspecified atom stereocenters. The molecule has 0 aliphatic carbocycles. The topological polar surface area (TPSA) is 56.0 Å². The van der Waals surface area contributed by atoms with Crippen molar-refractivity contribution in [2.45, 2.75) is 0 Å². The SMILES string of the molecule is NC(=O)C#Cc1ccc2c(Cl)ccnc2c1. The summed E-state index contributed by atoms with van der Waals surface area (Å²) in [6, 6.07) is 7.07. The van der Waals surface area contributed by atoms with E-state index in [0.29, 0.717) is 10.6 Å². The largest absolute Gasteiger partial charge is 0.359 e. The van der Waals surface area contributed by atoms with E-state index >= 15 is 0 Å². The van der Waals surface area contributed by atoms with E-state index in [9.17, 15) is 4.79 Å². The summed E-state index contributed by atoms with van der Waals surface area (Å²) in [6.07, 6.45) is 1.62. The average Bonchev–Trinajstić information content (AvgIpc) is 2.26. The highest BCUT2D eigenvalue weighted by Gasteiger charge is 1.99. The maximum absolute atomic E-state index is 10.5. The fourth-order valence-corrected chi connectivity index (χ4v) is 1.54. The van der Waals surface area contributed by atoms with Crippen molar-refractivity contribution in [1.82, 2.24) is 4.98 Å². The van der Waals surface area contributed by atoms with Gasteiger partial charge in [-0.2, -0.15) is 0 Å². The molecule has 1 aromatic heterocycles. The molecule has 3 nitrogen and oxygen atoms in total. The standard InChI is InChI=1S/C12H7ClN2O/c13-10-5-6-15-11-7-8(1-3-9(10)11)2-4-12(14)16/h1,3,5-7H,(H2,14,16). The van der Waals surface area contributed by atoms with E-state index in [-0.39, 0.29) is 0 Å². The number of carbonyl (C=O) groups is 1. The Kier molecular flexibility index (Phi) is 2.76. The van der Waals surface area contributed by atoms with Gasteiger partial charge in [0.05, 0.1) is 10.5 Å². The molecule has 1 aromatic carbocycles. The van der Waals surface area contributed by atoms with Crippen LogP contribution in [0.3, 0.4) is 0 Å². The molecule has 0 aliphatic rings. The molecule has 0 radical (unpaired) electrons. The van der Waals surface area contributed by atoms with Crippen LogP contribution >= 0.6 is 11.6 Å². The minimum absolute atomic E-state index is 0.638. The van der Waals surface area contributed by atoms with Crippen LogP contribution in [0.2, 0.25) is 5.02 Å². The predicted octanol–water partition coefficient (Wildman–Crippen LogP) is 1.73. The van der Waals surface area contributed by atoms with E-state index in [1.54, 1.807) is 24.4 Å². The van der Waals surface area contributed by atoms with Gasteiger partial charge >= 0.3 is 0 Å². The summed E-state index contributed by atoms with van der Waals surface area (Å²) in [4.78, 5) is 14.7. The van der Waals surface area contributed by atoms with Crippen molar-refractivity contribution >= 4 is 28.4 Å². The molecular weight excluding hydrogens is 224 g/mol. The van der Waals surface area contributed by atoms with Crippen LogP contribution in [0.15, 0.2) is 30.5 Å². The summed E-state index contributed by atoms with van der Waals surface area (Å²) >= 11 is 5.99. The van der Waals surface area contributed by atoms with E-state index in [0.717, 1.165) is 10.9 Å². The predicted molar refractivity (Wildman–Crippen MR) is 62.8 cm³/mol. The summed E-state index contributed by atoms with van der Waals surface area (Å²) in [5.74, 6) is 4.26. The number of hydrogen-bond donors (Lipinski definition) is 1. The Morgan fingerprint density at radius 1 is 1.38 bits per heavy atom. The molecule has 2 aromatic rings. The molecule has 0 saturated heterocycles. The number of aromatic nitrogens is 1. The Bertz CT molecular complexity index is 626. The minimum Gasteiger partial charge on any atom is -0.359 e. The molecule has 4 heteroatoms. The second-order valence-corrected chi connectivity index (χ2v) is 3.55. The third-order valence-electron chi connectivity index (χ3n) is 2.02. The molecule has 1 heterocycles. The molecule has 0 atom stereocenters. The number of carbonyl (C=O) groups excluding carboxylic acids is 1. The lowest BCUT2D eigenvalue weighted by molar-refractivity contribution is -0.112. The molecule has 0 bridgehead atoms. The van der Waals surface area contributed by atoms with Gasteiger partial charge in [-0.25, -0.2) is 0 Å². The fraction of sp³-hybridized carbons (Fsp3) is 0. The molecule has 1 amide bonds. The van der Waals surface area contributed by atoms with Gasteiger partial charge in [0.1, 0.15) is 0 Å². The van der Waals surface area contributed by atoms with E-state index in [1.807, 2.05) is 6.07 Å². The maximum atomic E-state index is 10.5. The lowest BCUT2D eigenvalue weighted by Gasteiger charge is -1.99. The third kappa shape index (κ3) is 2.13. The number of primary amides is 1. The van der Waals surface area contributed by atoms with Gasteiger partial charge in [-0.3, -0.25) is 9.78 Å². The zero-order valence-corrected chi connectivity index (χ0v) is 8.95. The number of pyridine rings is 1. The number of nitrogens with two attached hydrogens (primary N) is 1. The maximum Gasteiger partial charge on any atom is 0.293 e. The first kappa shape index (κ1) is 10.5. The average molecular weight is 231 g/mol. The number of benzene rings is 1. The number of nitrogens with zero attached hydrogens (tertiary/aromatic N) is 1. The summed E-state index contributed by atoms with van der Waals surface area (Å²) in [5.41, 5.74) is 6.35. The van der Waals surface area contributed by atoms with Crippen LogP contribution in [0.5, 0.6) is 0 Å². The molecule has 2 N–H and O–H groups in total. The molecule has 0 fully saturated rings. The van der Waals surface area contributed by atoms with E-state index in [2.05, 4.69) is 16.8 Å². The normalized spacial score (nSPS) is 9.56. The third-order valence-corrected chi connectivity index (χ3v) is 2.35.